The van der Waals surface area contributed by atoms with Crippen molar-refractivity contribution < 1.29 is 23.4 Å². The maximum absolute atomic E-state index is 13.3. The lowest BCUT2D eigenvalue weighted by molar-refractivity contribution is -0.150. The van der Waals surface area contributed by atoms with E-state index in [0.29, 0.717) is 18.8 Å². The normalized spacial score (nSPS) is 25.9. The Balaban J connectivity index is 2.05. The van der Waals surface area contributed by atoms with E-state index in [1.165, 1.54) is 13.2 Å². The van der Waals surface area contributed by atoms with Crippen LogP contribution < -0.4 is 5.32 Å². The number of carbonyl (C=O) groups excluding carboxylic acids is 1. The Labute approximate surface area is 134 Å². The quantitative estimate of drug-likeness (QED) is 0.817. The number of aliphatic hydroxyl groups is 1. The van der Waals surface area contributed by atoms with Crippen molar-refractivity contribution in [2.45, 2.75) is 44.2 Å². The van der Waals surface area contributed by atoms with Crippen LogP contribution in [0.5, 0.6) is 0 Å². The number of hydrogen-bond acceptors (Lipinski definition) is 4. The predicted molar refractivity (Wildman–Crippen MR) is 81.7 cm³/mol. The first kappa shape index (κ1) is 17.8. The average Bonchev–Trinajstić information content (AvgIpc) is 2.56. The number of rotatable bonds is 5. The molecular formula is C17H23F2NO3. The molecule has 0 aromatic heterocycles. The lowest BCUT2D eigenvalue weighted by atomic mass is 9.77. The van der Waals surface area contributed by atoms with Crippen LogP contribution in [-0.2, 0) is 9.53 Å². The van der Waals surface area contributed by atoms with Gasteiger partial charge in [-0.15, -0.1) is 0 Å². The summed E-state index contributed by atoms with van der Waals surface area (Å²) in [5, 5.41) is 13.3. The molecule has 0 saturated heterocycles. The fourth-order valence-electron chi connectivity index (χ4n) is 3.03. The van der Waals surface area contributed by atoms with Crippen LogP contribution in [0.4, 0.5) is 8.78 Å². The standard InChI is InChI=1S/C17H23F2NO3/c1-11-5-7-17(8-6-11,16(22)23-2)20-10-15(21)12-3-4-13(18)14(19)9-12/h3-4,9,11,15,20-21H,5-8,10H2,1-2H3. The highest BCUT2D eigenvalue weighted by Crippen LogP contribution is 2.33. The van der Waals surface area contributed by atoms with Gasteiger partial charge in [-0.1, -0.05) is 13.0 Å². The predicted octanol–water partition coefficient (Wildman–Crippen LogP) is 2.71. The van der Waals surface area contributed by atoms with E-state index in [-0.39, 0.29) is 18.1 Å². The van der Waals surface area contributed by atoms with E-state index < -0.39 is 23.3 Å². The van der Waals surface area contributed by atoms with Crippen molar-refractivity contribution in [3.63, 3.8) is 0 Å². The zero-order chi connectivity index (χ0) is 17.0. The molecule has 1 aliphatic rings. The number of benzene rings is 1. The molecule has 1 atom stereocenters. The molecule has 1 aliphatic carbocycles. The van der Waals surface area contributed by atoms with E-state index >= 15 is 0 Å². The molecule has 6 heteroatoms. The van der Waals surface area contributed by atoms with Crippen LogP contribution in [0, 0.1) is 17.6 Å². The molecule has 0 amide bonds. The van der Waals surface area contributed by atoms with E-state index in [1.54, 1.807) is 0 Å². The molecule has 2 N–H and O–H groups in total. The topological polar surface area (TPSA) is 58.6 Å². The number of esters is 1. The molecule has 0 bridgehead atoms. The van der Waals surface area contributed by atoms with Crippen molar-refractivity contribution in [2.24, 2.45) is 5.92 Å². The van der Waals surface area contributed by atoms with E-state index in [0.717, 1.165) is 25.0 Å². The monoisotopic (exact) mass is 327 g/mol. The molecule has 0 spiro atoms. The van der Waals surface area contributed by atoms with Gasteiger partial charge in [0.15, 0.2) is 11.6 Å². The molecule has 0 aliphatic heterocycles. The zero-order valence-corrected chi connectivity index (χ0v) is 13.4. The lowest BCUT2D eigenvalue weighted by Gasteiger charge is -2.38. The molecular weight excluding hydrogens is 304 g/mol. The maximum atomic E-state index is 13.3. The first-order valence-electron chi connectivity index (χ1n) is 7.84. The van der Waals surface area contributed by atoms with Crippen LogP contribution in [-0.4, -0.2) is 30.3 Å². The van der Waals surface area contributed by atoms with Gasteiger partial charge >= 0.3 is 5.97 Å². The van der Waals surface area contributed by atoms with Gasteiger partial charge in [0.25, 0.3) is 0 Å². The summed E-state index contributed by atoms with van der Waals surface area (Å²) in [5.41, 5.74) is -0.554. The molecule has 23 heavy (non-hydrogen) atoms. The minimum absolute atomic E-state index is 0.0640. The van der Waals surface area contributed by atoms with Gasteiger partial charge < -0.3 is 9.84 Å². The number of β-amino-alcohol motifs (C(OH)–C–C–N with tert-alkyl or cyclic N) is 1. The number of ether oxygens (including phenoxy) is 1. The van der Waals surface area contributed by atoms with E-state index in [1.807, 2.05) is 0 Å². The summed E-state index contributed by atoms with van der Waals surface area (Å²) < 4.78 is 31.1. The highest BCUT2D eigenvalue weighted by molar-refractivity contribution is 5.80. The third-order valence-corrected chi connectivity index (χ3v) is 4.67. The lowest BCUT2D eigenvalue weighted by Crippen LogP contribution is -2.55. The van der Waals surface area contributed by atoms with Gasteiger partial charge in [0.1, 0.15) is 5.54 Å². The molecule has 128 valence electrons. The van der Waals surface area contributed by atoms with E-state index in [2.05, 4.69) is 12.2 Å². The minimum Gasteiger partial charge on any atom is -0.468 e. The number of nitrogens with one attached hydrogen (secondary N) is 1. The van der Waals surface area contributed by atoms with Gasteiger partial charge in [0, 0.05) is 6.54 Å². The Morgan fingerprint density at radius 2 is 2.04 bits per heavy atom. The fraction of sp³-hybridized carbons (Fsp3) is 0.588. The molecule has 1 aromatic rings. The third-order valence-electron chi connectivity index (χ3n) is 4.67. The largest absolute Gasteiger partial charge is 0.468 e. The van der Waals surface area contributed by atoms with Gasteiger partial charge in [0.2, 0.25) is 0 Å². The Hall–Kier alpha value is -1.53. The SMILES string of the molecule is COC(=O)C1(NCC(O)c2ccc(F)c(F)c2)CCC(C)CC1. The van der Waals surface area contributed by atoms with Crippen molar-refractivity contribution in [1.82, 2.24) is 5.32 Å². The number of carbonyl (C=O) groups is 1. The number of hydrogen-bond donors (Lipinski definition) is 2. The molecule has 1 aromatic carbocycles. The van der Waals surface area contributed by atoms with E-state index in [9.17, 15) is 18.7 Å². The van der Waals surface area contributed by atoms with Gasteiger partial charge in [-0.25, -0.2) is 8.78 Å². The molecule has 1 unspecified atom stereocenters. The van der Waals surface area contributed by atoms with Crippen molar-refractivity contribution >= 4 is 5.97 Å². The highest BCUT2D eigenvalue weighted by Gasteiger charge is 2.42. The molecule has 4 nitrogen and oxygen atoms in total. The van der Waals surface area contributed by atoms with Crippen molar-refractivity contribution in [2.75, 3.05) is 13.7 Å². The second-order valence-corrected chi connectivity index (χ2v) is 6.33. The molecule has 0 heterocycles. The highest BCUT2D eigenvalue weighted by atomic mass is 19.2. The van der Waals surface area contributed by atoms with Gasteiger partial charge in [-0.3, -0.25) is 10.1 Å². The Morgan fingerprint density at radius 1 is 1.39 bits per heavy atom. The molecule has 0 radical (unpaired) electrons. The summed E-state index contributed by atoms with van der Waals surface area (Å²) in [5.74, 6) is -1.76. The first-order valence-corrected chi connectivity index (χ1v) is 7.84. The smallest absolute Gasteiger partial charge is 0.326 e. The molecule has 1 fully saturated rings. The molecule has 2 rings (SSSR count). The van der Waals surface area contributed by atoms with Crippen LogP contribution in [0.3, 0.4) is 0 Å². The summed E-state index contributed by atoms with van der Waals surface area (Å²) in [6.45, 7) is 2.20. The summed E-state index contributed by atoms with van der Waals surface area (Å²) in [6, 6.07) is 3.28. The molecule has 1 saturated carbocycles. The summed E-state index contributed by atoms with van der Waals surface area (Å²) in [7, 11) is 1.34. The van der Waals surface area contributed by atoms with Crippen LogP contribution in [0.1, 0.15) is 44.3 Å². The number of methoxy groups -OCH3 is 1. The average molecular weight is 327 g/mol. The van der Waals surface area contributed by atoms with Crippen LogP contribution >= 0.6 is 0 Å². The van der Waals surface area contributed by atoms with Crippen LogP contribution in [0.2, 0.25) is 0 Å². The Bertz CT molecular complexity index is 557. The summed E-state index contributed by atoms with van der Waals surface area (Å²) in [6.07, 6.45) is 2.01. The fourth-order valence-corrected chi connectivity index (χ4v) is 3.03. The minimum atomic E-state index is -1.04. The third kappa shape index (κ3) is 4.06. The van der Waals surface area contributed by atoms with Gasteiger partial charge in [-0.2, -0.15) is 0 Å². The Kier molecular flexibility index (Phi) is 5.70. The van der Waals surface area contributed by atoms with Crippen molar-refractivity contribution in [3.8, 4) is 0 Å². The second-order valence-electron chi connectivity index (χ2n) is 6.33. The van der Waals surface area contributed by atoms with Gasteiger partial charge in [0.05, 0.1) is 13.2 Å². The number of halogens is 2. The van der Waals surface area contributed by atoms with Crippen molar-refractivity contribution in [1.29, 1.82) is 0 Å². The van der Waals surface area contributed by atoms with Crippen LogP contribution in [0.15, 0.2) is 18.2 Å². The van der Waals surface area contributed by atoms with Crippen molar-refractivity contribution in [3.05, 3.63) is 35.4 Å². The zero-order valence-electron chi connectivity index (χ0n) is 13.4. The van der Waals surface area contributed by atoms with Crippen LogP contribution in [0.25, 0.3) is 0 Å². The maximum Gasteiger partial charge on any atom is 0.326 e. The van der Waals surface area contributed by atoms with Gasteiger partial charge in [-0.05, 0) is 49.3 Å². The van der Waals surface area contributed by atoms with E-state index in [4.69, 9.17) is 4.74 Å². The Morgan fingerprint density at radius 3 is 2.61 bits per heavy atom. The second kappa shape index (κ2) is 7.36. The first-order chi connectivity index (χ1) is 10.9. The summed E-state index contributed by atoms with van der Waals surface area (Å²) in [4.78, 5) is 12.2. The number of aliphatic hydroxyl groups excluding tert-OH is 1. The summed E-state index contributed by atoms with van der Waals surface area (Å²) >= 11 is 0.